The zero-order chi connectivity index (χ0) is 14.0. The van der Waals surface area contributed by atoms with Crippen LogP contribution in [-0.4, -0.2) is 11.0 Å². The Hall–Kier alpha value is -2.36. The van der Waals surface area contributed by atoms with Crippen LogP contribution in [0.2, 0.25) is 0 Å². The molecule has 0 aromatic heterocycles. The van der Waals surface area contributed by atoms with E-state index in [-0.39, 0.29) is 11.4 Å². The van der Waals surface area contributed by atoms with Crippen LogP contribution in [0, 0.1) is 19.7 Å². The number of hydrogen-bond donors (Lipinski definition) is 2. The number of aryl methyl sites for hydroxylation is 1. The van der Waals surface area contributed by atoms with Crippen LogP contribution in [0.15, 0.2) is 36.4 Å². The number of carbonyl (C=O) groups excluding carboxylic acids is 1. The van der Waals surface area contributed by atoms with Gasteiger partial charge in [-0.1, -0.05) is 12.1 Å². The van der Waals surface area contributed by atoms with Gasteiger partial charge in [-0.2, -0.15) is 0 Å². The minimum atomic E-state index is -0.480. The number of nitrogens with one attached hydrogen (secondary N) is 1. The fourth-order valence-corrected chi connectivity index (χ4v) is 1.78. The molecule has 0 saturated carbocycles. The summed E-state index contributed by atoms with van der Waals surface area (Å²) in [5, 5.41) is 12.0. The second-order valence-electron chi connectivity index (χ2n) is 4.39. The fraction of sp³-hybridized carbons (Fsp3) is 0.133. The van der Waals surface area contributed by atoms with E-state index < -0.39 is 11.7 Å². The van der Waals surface area contributed by atoms with Gasteiger partial charge in [0.15, 0.2) is 0 Å². The summed E-state index contributed by atoms with van der Waals surface area (Å²) in [6.07, 6.45) is 0. The van der Waals surface area contributed by atoms with Gasteiger partial charge >= 0.3 is 0 Å². The number of hydrogen-bond acceptors (Lipinski definition) is 2. The molecular formula is C15H14FNO2. The second kappa shape index (κ2) is 5.10. The summed E-state index contributed by atoms with van der Waals surface area (Å²) in [6.45, 7) is 3.41. The first-order valence-corrected chi connectivity index (χ1v) is 5.85. The van der Waals surface area contributed by atoms with E-state index in [9.17, 15) is 14.3 Å². The molecule has 0 bridgehead atoms. The lowest BCUT2D eigenvalue weighted by molar-refractivity contribution is 0.102. The van der Waals surface area contributed by atoms with Gasteiger partial charge in [-0.3, -0.25) is 4.79 Å². The minimum Gasteiger partial charge on any atom is -0.508 e. The molecule has 2 rings (SSSR count). The highest BCUT2D eigenvalue weighted by Crippen LogP contribution is 2.22. The summed E-state index contributed by atoms with van der Waals surface area (Å²) in [7, 11) is 0. The fourth-order valence-electron chi connectivity index (χ4n) is 1.78. The van der Waals surface area contributed by atoms with Crippen molar-refractivity contribution in [3.8, 4) is 5.75 Å². The molecule has 2 aromatic rings. The standard InChI is InChI=1S/C15H14FNO2/c1-9-6-7-13(12(16)8-9)17-15(19)11-4-3-5-14(18)10(11)2/h3-8,18H,1-2H3,(H,17,19). The molecule has 1 amide bonds. The van der Waals surface area contributed by atoms with Gasteiger partial charge in [0.25, 0.3) is 5.91 Å². The molecule has 0 aliphatic heterocycles. The van der Waals surface area contributed by atoms with Crippen molar-refractivity contribution in [1.82, 2.24) is 0 Å². The summed E-state index contributed by atoms with van der Waals surface area (Å²) in [6, 6.07) is 9.23. The molecule has 0 aliphatic carbocycles. The monoisotopic (exact) mass is 259 g/mol. The largest absolute Gasteiger partial charge is 0.508 e. The Kier molecular flexibility index (Phi) is 3.51. The van der Waals surface area contributed by atoms with Crippen molar-refractivity contribution in [3.05, 3.63) is 58.9 Å². The molecule has 3 nitrogen and oxygen atoms in total. The average molecular weight is 259 g/mol. The van der Waals surface area contributed by atoms with Crippen LogP contribution in [0.1, 0.15) is 21.5 Å². The summed E-state index contributed by atoms with van der Waals surface area (Å²) < 4.78 is 13.6. The second-order valence-corrected chi connectivity index (χ2v) is 4.39. The van der Waals surface area contributed by atoms with E-state index in [2.05, 4.69) is 5.32 Å². The lowest BCUT2D eigenvalue weighted by Crippen LogP contribution is -2.14. The Bertz CT molecular complexity index is 638. The highest BCUT2D eigenvalue weighted by molar-refractivity contribution is 6.05. The van der Waals surface area contributed by atoms with Gasteiger partial charge in [0.1, 0.15) is 11.6 Å². The molecule has 2 aromatic carbocycles. The van der Waals surface area contributed by atoms with Crippen LogP contribution >= 0.6 is 0 Å². The number of aromatic hydroxyl groups is 1. The van der Waals surface area contributed by atoms with Crippen molar-refractivity contribution >= 4 is 11.6 Å². The van der Waals surface area contributed by atoms with Crippen molar-refractivity contribution in [1.29, 1.82) is 0 Å². The maximum absolute atomic E-state index is 13.6. The number of phenolic OH excluding ortho intramolecular Hbond substituents is 1. The first-order valence-electron chi connectivity index (χ1n) is 5.85. The van der Waals surface area contributed by atoms with E-state index in [0.29, 0.717) is 11.1 Å². The number of phenols is 1. The third-order valence-electron chi connectivity index (χ3n) is 2.92. The quantitative estimate of drug-likeness (QED) is 0.868. The predicted molar refractivity (Wildman–Crippen MR) is 71.9 cm³/mol. The molecule has 0 saturated heterocycles. The number of benzene rings is 2. The molecule has 0 unspecified atom stereocenters. The zero-order valence-electron chi connectivity index (χ0n) is 10.7. The molecule has 19 heavy (non-hydrogen) atoms. The van der Waals surface area contributed by atoms with Crippen LogP contribution in [0.25, 0.3) is 0 Å². The van der Waals surface area contributed by atoms with Crippen molar-refractivity contribution < 1.29 is 14.3 Å². The molecule has 98 valence electrons. The number of halogens is 1. The first-order chi connectivity index (χ1) is 8.99. The van der Waals surface area contributed by atoms with Crippen molar-refractivity contribution in [2.24, 2.45) is 0 Å². The highest BCUT2D eigenvalue weighted by Gasteiger charge is 2.13. The number of rotatable bonds is 2. The zero-order valence-corrected chi connectivity index (χ0v) is 10.7. The van der Waals surface area contributed by atoms with Crippen LogP contribution in [-0.2, 0) is 0 Å². The molecule has 0 radical (unpaired) electrons. The molecule has 2 N–H and O–H groups in total. The Labute approximate surface area is 110 Å². The highest BCUT2D eigenvalue weighted by atomic mass is 19.1. The molecule has 0 fully saturated rings. The number of amides is 1. The third kappa shape index (κ3) is 2.73. The van der Waals surface area contributed by atoms with Crippen LogP contribution in [0.3, 0.4) is 0 Å². The summed E-state index contributed by atoms with van der Waals surface area (Å²) >= 11 is 0. The lowest BCUT2D eigenvalue weighted by Gasteiger charge is -2.09. The van der Waals surface area contributed by atoms with Gasteiger partial charge in [-0.05, 0) is 43.7 Å². The van der Waals surface area contributed by atoms with E-state index in [4.69, 9.17) is 0 Å². The minimum absolute atomic E-state index is 0.0389. The van der Waals surface area contributed by atoms with E-state index in [0.717, 1.165) is 5.56 Å². The van der Waals surface area contributed by atoms with Gasteiger partial charge in [-0.15, -0.1) is 0 Å². The van der Waals surface area contributed by atoms with Crippen molar-refractivity contribution in [2.45, 2.75) is 13.8 Å². The van der Waals surface area contributed by atoms with E-state index in [1.54, 1.807) is 32.0 Å². The first kappa shape index (κ1) is 13.1. The average Bonchev–Trinajstić information content (AvgIpc) is 2.36. The molecular weight excluding hydrogens is 245 g/mol. The van der Waals surface area contributed by atoms with Crippen LogP contribution < -0.4 is 5.32 Å². The van der Waals surface area contributed by atoms with E-state index >= 15 is 0 Å². The summed E-state index contributed by atoms with van der Waals surface area (Å²) in [5.41, 5.74) is 1.69. The van der Waals surface area contributed by atoms with Crippen LogP contribution in [0.5, 0.6) is 5.75 Å². The predicted octanol–water partition coefficient (Wildman–Crippen LogP) is 3.40. The van der Waals surface area contributed by atoms with Crippen molar-refractivity contribution in [2.75, 3.05) is 5.32 Å². The van der Waals surface area contributed by atoms with Crippen molar-refractivity contribution in [3.63, 3.8) is 0 Å². The van der Waals surface area contributed by atoms with Crippen LogP contribution in [0.4, 0.5) is 10.1 Å². The maximum atomic E-state index is 13.6. The molecule has 0 atom stereocenters. The van der Waals surface area contributed by atoms with E-state index in [1.165, 1.54) is 18.2 Å². The Morgan fingerprint density at radius 2 is 1.95 bits per heavy atom. The number of anilines is 1. The smallest absolute Gasteiger partial charge is 0.256 e. The van der Waals surface area contributed by atoms with E-state index in [1.807, 2.05) is 0 Å². The summed E-state index contributed by atoms with van der Waals surface area (Å²) in [4.78, 5) is 12.0. The van der Waals surface area contributed by atoms with Gasteiger partial charge in [0.05, 0.1) is 5.69 Å². The Morgan fingerprint density at radius 1 is 1.21 bits per heavy atom. The summed E-state index contributed by atoms with van der Waals surface area (Å²) in [5.74, 6) is -0.890. The Balaban J connectivity index is 2.28. The molecule has 4 heteroatoms. The maximum Gasteiger partial charge on any atom is 0.256 e. The van der Waals surface area contributed by atoms with Gasteiger partial charge in [0.2, 0.25) is 0 Å². The van der Waals surface area contributed by atoms with Gasteiger partial charge < -0.3 is 10.4 Å². The molecule has 0 heterocycles. The topological polar surface area (TPSA) is 49.3 Å². The SMILES string of the molecule is Cc1ccc(NC(=O)c2cccc(O)c2C)c(F)c1. The third-order valence-corrected chi connectivity index (χ3v) is 2.92. The Morgan fingerprint density at radius 3 is 2.63 bits per heavy atom. The van der Waals surface area contributed by atoms with Gasteiger partial charge in [-0.25, -0.2) is 4.39 Å². The lowest BCUT2D eigenvalue weighted by atomic mass is 10.1. The normalized spacial score (nSPS) is 10.3. The van der Waals surface area contributed by atoms with Gasteiger partial charge in [0, 0.05) is 11.1 Å². The molecule has 0 aliphatic rings. The molecule has 0 spiro atoms. The number of carbonyl (C=O) groups is 1.